The van der Waals surface area contributed by atoms with Gasteiger partial charge in [0.15, 0.2) is 0 Å². The standard InChI is InChI=1S/C15H21NO3S/c1-3-10-8-13(20-9(10)2)14(17)16-12-6-4-5-11(7-12)15(18)19/h8,11-12H,3-7H2,1-2H3,(H,16,17)(H,18,19). The normalized spacial score (nSPS) is 22.5. The summed E-state index contributed by atoms with van der Waals surface area (Å²) in [4.78, 5) is 25.2. The molecule has 1 heterocycles. The molecule has 0 saturated heterocycles. The van der Waals surface area contributed by atoms with Gasteiger partial charge >= 0.3 is 5.97 Å². The van der Waals surface area contributed by atoms with E-state index in [0.29, 0.717) is 6.42 Å². The lowest BCUT2D eigenvalue weighted by atomic mass is 9.86. The number of amides is 1. The van der Waals surface area contributed by atoms with Crippen molar-refractivity contribution in [2.24, 2.45) is 5.92 Å². The molecule has 1 aromatic rings. The number of carbonyl (C=O) groups is 2. The van der Waals surface area contributed by atoms with Crippen molar-refractivity contribution in [1.82, 2.24) is 5.32 Å². The van der Waals surface area contributed by atoms with E-state index in [1.54, 1.807) is 0 Å². The Morgan fingerprint density at radius 3 is 2.80 bits per heavy atom. The van der Waals surface area contributed by atoms with Gasteiger partial charge in [0.25, 0.3) is 5.91 Å². The van der Waals surface area contributed by atoms with Crippen LogP contribution >= 0.6 is 11.3 Å². The maximum Gasteiger partial charge on any atom is 0.306 e. The average Bonchev–Trinajstić information content (AvgIpc) is 2.80. The maximum atomic E-state index is 12.2. The van der Waals surface area contributed by atoms with Crippen LogP contribution in [-0.4, -0.2) is 23.0 Å². The average molecular weight is 295 g/mol. The molecule has 2 N–H and O–H groups in total. The van der Waals surface area contributed by atoms with E-state index in [-0.39, 0.29) is 17.9 Å². The Kier molecular flexibility index (Phi) is 4.81. The Morgan fingerprint density at radius 1 is 1.45 bits per heavy atom. The summed E-state index contributed by atoms with van der Waals surface area (Å²) in [7, 11) is 0. The van der Waals surface area contributed by atoms with Crippen molar-refractivity contribution in [2.45, 2.75) is 52.0 Å². The first kappa shape index (κ1) is 15.0. The summed E-state index contributed by atoms with van der Waals surface area (Å²) < 4.78 is 0. The number of thiophene rings is 1. The van der Waals surface area contributed by atoms with Crippen molar-refractivity contribution < 1.29 is 14.7 Å². The second kappa shape index (κ2) is 6.39. The van der Waals surface area contributed by atoms with Gasteiger partial charge in [-0.1, -0.05) is 13.3 Å². The highest BCUT2D eigenvalue weighted by Gasteiger charge is 2.28. The van der Waals surface area contributed by atoms with E-state index in [1.165, 1.54) is 21.8 Å². The molecule has 1 fully saturated rings. The van der Waals surface area contributed by atoms with E-state index in [9.17, 15) is 9.59 Å². The predicted molar refractivity (Wildman–Crippen MR) is 79.3 cm³/mol. The summed E-state index contributed by atoms with van der Waals surface area (Å²) in [6, 6.07) is 1.94. The molecule has 0 aromatic carbocycles. The Bertz CT molecular complexity index is 509. The summed E-state index contributed by atoms with van der Waals surface area (Å²) in [5, 5.41) is 12.1. The molecule has 1 aliphatic rings. The van der Waals surface area contributed by atoms with Crippen molar-refractivity contribution in [2.75, 3.05) is 0 Å². The highest BCUT2D eigenvalue weighted by atomic mass is 32.1. The number of hydrogen-bond donors (Lipinski definition) is 2. The van der Waals surface area contributed by atoms with Crippen molar-refractivity contribution in [1.29, 1.82) is 0 Å². The van der Waals surface area contributed by atoms with Gasteiger partial charge in [-0.15, -0.1) is 11.3 Å². The lowest BCUT2D eigenvalue weighted by molar-refractivity contribution is -0.143. The Balaban J connectivity index is 1.98. The van der Waals surface area contributed by atoms with Gasteiger partial charge in [0, 0.05) is 10.9 Å². The van der Waals surface area contributed by atoms with Gasteiger partial charge in [-0.3, -0.25) is 9.59 Å². The fraction of sp³-hybridized carbons (Fsp3) is 0.600. The second-order valence-corrected chi connectivity index (χ2v) is 6.67. The number of hydrogen-bond acceptors (Lipinski definition) is 3. The van der Waals surface area contributed by atoms with E-state index in [2.05, 4.69) is 12.2 Å². The van der Waals surface area contributed by atoms with E-state index in [0.717, 1.165) is 30.6 Å². The molecule has 0 radical (unpaired) electrons. The predicted octanol–water partition coefficient (Wildman–Crippen LogP) is 2.99. The Labute approximate surface area is 123 Å². The van der Waals surface area contributed by atoms with Gasteiger partial charge in [0.05, 0.1) is 10.8 Å². The first-order chi connectivity index (χ1) is 9.51. The molecule has 1 amide bonds. The molecule has 20 heavy (non-hydrogen) atoms. The van der Waals surface area contributed by atoms with Crippen LogP contribution in [0.3, 0.4) is 0 Å². The smallest absolute Gasteiger partial charge is 0.306 e. The number of aryl methyl sites for hydroxylation is 2. The van der Waals surface area contributed by atoms with Crippen molar-refractivity contribution >= 4 is 23.2 Å². The van der Waals surface area contributed by atoms with Gasteiger partial charge in [-0.05, 0) is 44.2 Å². The summed E-state index contributed by atoms with van der Waals surface area (Å²) >= 11 is 1.51. The second-order valence-electron chi connectivity index (χ2n) is 5.42. The minimum atomic E-state index is -0.746. The highest BCUT2D eigenvalue weighted by Crippen LogP contribution is 2.26. The lowest BCUT2D eigenvalue weighted by Crippen LogP contribution is -2.39. The van der Waals surface area contributed by atoms with Crippen molar-refractivity contribution in [3.05, 3.63) is 21.4 Å². The number of carboxylic acids is 1. The van der Waals surface area contributed by atoms with Gasteiger partial charge in [-0.2, -0.15) is 0 Å². The van der Waals surface area contributed by atoms with Crippen LogP contribution in [0.15, 0.2) is 6.07 Å². The minimum absolute atomic E-state index is 0.00941. The molecular formula is C15H21NO3S. The Hall–Kier alpha value is -1.36. The number of nitrogens with one attached hydrogen (secondary N) is 1. The molecule has 1 aliphatic carbocycles. The zero-order valence-corrected chi connectivity index (χ0v) is 12.8. The van der Waals surface area contributed by atoms with Crippen LogP contribution in [0.1, 0.15) is 52.7 Å². The molecule has 2 rings (SSSR count). The first-order valence-corrected chi connectivity index (χ1v) is 7.95. The molecule has 0 aliphatic heterocycles. The molecule has 0 spiro atoms. The minimum Gasteiger partial charge on any atom is -0.481 e. The number of carbonyl (C=O) groups excluding carboxylic acids is 1. The van der Waals surface area contributed by atoms with Gasteiger partial charge in [0.1, 0.15) is 0 Å². The van der Waals surface area contributed by atoms with Crippen LogP contribution in [0.5, 0.6) is 0 Å². The van der Waals surface area contributed by atoms with E-state index in [1.807, 2.05) is 13.0 Å². The van der Waals surface area contributed by atoms with Crippen LogP contribution in [0, 0.1) is 12.8 Å². The zero-order chi connectivity index (χ0) is 14.7. The van der Waals surface area contributed by atoms with Crippen molar-refractivity contribution in [3.8, 4) is 0 Å². The SMILES string of the molecule is CCc1cc(C(=O)NC2CCCC(C(=O)O)C2)sc1C. The van der Waals surface area contributed by atoms with Crippen LogP contribution in [0.4, 0.5) is 0 Å². The van der Waals surface area contributed by atoms with E-state index in [4.69, 9.17) is 5.11 Å². The number of rotatable bonds is 4. The third-order valence-electron chi connectivity index (χ3n) is 3.98. The monoisotopic (exact) mass is 295 g/mol. The number of carboxylic acid groups (broad SMARTS) is 1. The molecule has 2 atom stereocenters. The van der Waals surface area contributed by atoms with E-state index < -0.39 is 5.97 Å². The van der Waals surface area contributed by atoms with Crippen LogP contribution in [0.2, 0.25) is 0 Å². The van der Waals surface area contributed by atoms with Crippen LogP contribution < -0.4 is 5.32 Å². The lowest BCUT2D eigenvalue weighted by Gasteiger charge is -2.27. The molecule has 1 aromatic heterocycles. The van der Waals surface area contributed by atoms with Gasteiger partial charge in [0.2, 0.25) is 0 Å². The summed E-state index contributed by atoms with van der Waals surface area (Å²) in [5.41, 5.74) is 1.22. The topological polar surface area (TPSA) is 66.4 Å². The largest absolute Gasteiger partial charge is 0.481 e. The first-order valence-electron chi connectivity index (χ1n) is 7.14. The summed E-state index contributed by atoms with van der Waals surface area (Å²) in [5.74, 6) is -1.12. The fourth-order valence-electron chi connectivity index (χ4n) is 2.78. The molecule has 110 valence electrons. The molecule has 4 nitrogen and oxygen atoms in total. The highest BCUT2D eigenvalue weighted by molar-refractivity contribution is 7.14. The number of aliphatic carboxylic acids is 1. The van der Waals surface area contributed by atoms with E-state index >= 15 is 0 Å². The molecule has 5 heteroatoms. The van der Waals surface area contributed by atoms with Crippen molar-refractivity contribution in [3.63, 3.8) is 0 Å². The zero-order valence-electron chi connectivity index (χ0n) is 11.9. The third-order valence-corrected chi connectivity index (χ3v) is 5.08. The van der Waals surface area contributed by atoms with Gasteiger partial charge in [-0.25, -0.2) is 0 Å². The summed E-state index contributed by atoms with van der Waals surface area (Å²) in [6.07, 6.45) is 3.94. The quantitative estimate of drug-likeness (QED) is 0.897. The van der Waals surface area contributed by atoms with Crippen LogP contribution in [0.25, 0.3) is 0 Å². The van der Waals surface area contributed by atoms with Crippen LogP contribution in [-0.2, 0) is 11.2 Å². The third kappa shape index (κ3) is 3.39. The molecule has 1 saturated carbocycles. The van der Waals surface area contributed by atoms with Gasteiger partial charge < -0.3 is 10.4 Å². The molecule has 0 bridgehead atoms. The molecular weight excluding hydrogens is 274 g/mol. The maximum absolute atomic E-state index is 12.2. The fourth-order valence-corrected chi connectivity index (χ4v) is 3.80. The molecule has 2 unspecified atom stereocenters. The summed E-state index contributed by atoms with van der Waals surface area (Å²) in [6.45, 7) is 4.11. The Morgan fingerprint density at radius 2 is 2.20 bits per heavy atom.